The zero-order valence-corrected chi connectivity index (χ0v) is 12.3. The van der Waals surface area contributed by atoms with Crippen molar-refractivity contribution in [1.29, 1.82) is 0 Å². The summed E-state index contributed by atoms with van der Waals surface area (Å²) in [6.07, 6.45) is 4.86. The number of amides is 2. The molecule has 0 aliphatic heterocycles. The lowest BCUT2D eigenvalue weighted by Gasteiger charge is -2.08. The van der Waals surface area contributed by atoms with Gasteiger partial charge in [-0.05, 0) is 24.3 Å². The molecule has 0 unspecified atom stereocenters. The maximum absolute atomic E-state index is 13.5. The zero-order valence-electron chi connectivity index (χ0n) is 12.3. The molecule has 122 valence electrons. The van der Waals surface area contributed by atoms with Crippen molar-refractivity contribution < 1.29 is 13.6 Å². The Morgan fingerprint density at radius 2 is 1.96 bits per heavy atom. The van der Waals surface area contributed by atoms with Gasteiger partial charge in [-0.25, -0.2) is 18.3 Å². The summed E-state index contributed by atoms with van der Waals surface area (Å²) in [7, 11) is 0. The van der Waals surface area contributed by atoms with Gasteiger partial charge in [-0.1, -0.05) is 11.3 Å². The number of halogens is 2. The number of nitrogens with one attached hydrogen (secondary N) is 2. The molecule has 2 amide bonds. The van der Waals surface area contributed by atoms with Crippen molar-refractivity contribution in [3.63, 3.8) is 0 Å². The van der Waals surface area contributed by atoms with Crippen LogP contribution in [0.5, 0.6) is 0 Å². The van der Waals surface area contributed by atoms with Gasteiger partial charge >= 0.3 is 6.03 Å². The number of urea groups is 1. The molecule has 3 rings (SSSR count). The van der Waals surface area contributed by atoms with Gasteiger partial charge in [0.15, 0.2) is 0 Å². The van der Waals surface area contributed by atoms with E-state index in [4.69, 9.17) is 0 Å². The van der Waals surface area contributed by atoms with Crippen LogP contribution in [0.15, 0.2) is 48.9 Å². The van der Waals surface area contributed by atoms with Crippen LogP contribution in [0.2, 0.25) is 0 Å². The van der Waals surface area contributed by atoms with Crippen LogP contribution in [-0.2, 0) is 6.54 Å². The van der Waals surface area contributed by atoms with E-state index in [1.165, 1.54) is 10.7 Å². The van der Waals surface area contributed by atoms with E-state index < -0.39 is 23.4 Å². The summed E-state index contributed by atoms with van der Waals surface area (Å²) < 4.78 is 28.4. The van der Waals surface area contributed by atoms with Gasteiger partial charge in [0, 0.05) is 6.20 Å². The second-order valence-corrected chi connectivity index (χ2v) is 4.77. The summed E-state index contributed by atoms with van der Waals surface area (Å²) in [5.74, 6) is -1.71. The van der Waals surface area contributed by atoms with E-state index in [2.05, 4.69) is 25.9 Å². The zero-order chi connectivity index (χ0) is 16.9. The molecular weight excluding hydrogens is 318 g/mol. The monoisotopic (exact) mass is 330 g/mol. The van der Waals surface area contributed by atoms with Crippen LogP contribution in [0, 0.1) is 11.6 Å². The van der Waals surface area contributed by atoms with Crippen molar-refractivity contribution in [3.05, 3.63) is 66.3 Å². The first kappa shape index (κ1) is 15.5. The molecule has 0 saturated carbocycles. The Hall–Kier alpha value is -3.36. The molecule has 2 aromatic heterocycles. The summed E-state index contributed by atoms with van der Waals surface area (Å²) in [4.78, 5) is 15.7. The van der Waals surface area contributed by atoms with Crippen LogP contribution >= 0.6 is 0 Å². The topological polar surface area (TPSA) is 84.7 Å². The standard InChI is InChI=1S/C15H12F2N6O/c16-12-4-1-5-13(17)14(12)20-15(24)19-7-10-9-23(22-21-10)11-3-2-6-18-8-11/h1-6,8-9H,7H2,(H2,19,20,24). The highest BCUT2D eigenvalue weighted by atomic mass is 19.1. The van der Waals surface area contributed by atoms with Crippen LogP contribution in [0.1, 0.15) is 5.69 Å². The van der Waals surface area contributed by atoms with Crippen molar-refractivity contribution in [2.45, 2.75) is 6.54 Å². The van der Waals surface area contributed by atoms with E-state index in [0.717, 1.165) is 12.1 Å². The quantitative estimate of drug-likeness (QED) is 0.768. The molecule has 0 aliphatic rings. The number of hydrogen-bond donors (Lipinski definition) is 2. The second kappa shape index (κ2) is 6.82. The molecule has 7 nitrogen and oxygen atoms in total. The molecule has 3 aromatic rings. The number of aromatic nitrogens is 4. The Kier molecular flexibility index (Phi) is 4.41. The van der Waals surface area contributed by atoms with Crippen LogP contribution < -0.4 is 10.6 Å². The molecule has 0 spiro atoms. The normalized spacial score (nSPS) is 10.4. The maximum Gasteiger partial charge on any atom is 0.319 e. The first-order valence-electron chi connectivity index (χ1n) is 6.94. The van der Waals surface area contributed by atoms with Gasteiger partial charge in [-0.2, -0.15) is 0 Å². The Morgan fingerprint density at radius 1 is 1.17 bits per heavy atom. The fourth-order valence-corrected chi connectivity index (χ4v) is 1.94. The minimum absolute atomic E-state index is 0.0438. The first-order valence-corrected chi connectivity index (χ1v) is 6.94. The van der Waals surface area contributed by atoms with E-state index in [0.29, 0.717) is 11.4 Å². The van der Waals surface area contributed by atoms with Crippen LogP contribution in [0.4, 0.5) is 19.3 Å². The molecule has 0 fully saturated rings. The number of rotatable bonds is 4. The third kappa shape index (κ3) is 3.51. The van der Waals surface area contributed by atoms with Crippen LogP contribution in [0.25, 0.3) is 5.69 Å². The number of pyridine rings is 1. The van der Waals surface area contributed by atoms with Gasteiger partial charge in [0.1, 0.15) is 23.0 Å². The lowest BCUT2D eigenvalue weighted by atomic mass is 10.3. The summed E-state index contributed by atoms with van der Waals surface area (Å²) in [6.45, 7) is 0.0438. The number of hydrogen-bond acceptors (Lipinski definition) is 4. The molecular formula is C15H12F2N6O. The highest BCUT2D eigenvalue weighted by molar-refractivity contribution is 5.89. The predicted molar refractivity (Wildman–Crippen MR) is 81.4 cm³/mol. The molecule has 0 atom stereocenters. The summed E-state index contributed by atoms with van der Waals surface area (Å²) >= 11 is 0. The van der Waals surface area contributed by atoms with Gasteiger partial charge in [-0.15, -0.1) is 5.10 Å². The second-order valence-electron chi connectivity index (χ2n) is 4.77. The van der Waals surface area contributed by atoms with E-state index in [1.807, 2.05) is 0 Å². The van der Waals surface area contributed by atoms with E-state index in [-0.39, 0.29) is 6.54 Å². The average Bonchev–Trinajstić information content (AvgIpc) is 3.06. The molecule has 2 heterocycles. The smallest absolute Gasteiger partial charge is 0.319 e. The predicted octanol–water partition coefficient (Wildman–Crippen LogP) is 2.26. The Balaban J connectivity index is 1.60. The number of carbonyl (C=O) groups excluding carboxylic acids is 1. The van der Waals surface area contributed by atoms with Gasteiger partial charge < -0.3 is 10.6 Å². The number of nitrogens with zero attached hydrogens (tertiary/aromatic N) is 4. The molecule has 9 heteroatoms. The summed E-state index contributed by atoms with van der Waals surface area (Å²) in [5, 5.41) is 12.4. The number of carbonyl (C=O) groups is 1. The largest absolute Gasteiger partial charge is 0.332 e. The molecule has 0 radical (unpaired) electrons. The molecule has 0 aliphatic carbocycles. The average molecular weight is 330 g/mol. The van der Waals surface area contributed by atoms with Crippen molar-refractivity contribution in [2.75, 3.05) is 5.32 Å². The van der Waals surface area contributed by atoms with E-state index in [1.54, 1.807) is 30.7 Å². The molecule has 0 saturated heterocycles. The molecule has 24 heavy (non-hydrogen) atoms. The number of benzene rings is 1. The fourth-order valence-electron chi connectivity index (χ4n) is 1.94. The highest BCUT2D eigenvalue weighted by Gasteiger charge is 2.12. The third-order valence-corrected chi connectivity index (χ3v) is 3.08. The fraction of sp³-hybridized carbons (Fsp3) is 0.0667. The van der Waals surface area contributed by atoms with Gasteiger partial charge in [0.2, 0.25) is 0 Å². The van der Waals surface area contributed by atoms with E-state index in [9.17, 15) is 13.6 Å². The SMILES string of the molecule is O=C(NCc1cn(-c2cccnc2)nn1)Nc1c(F)cccc1F. The maximum atomic E-state index is 13.5. The van der Waals surface area contributed by atoms with Crippen molar-refractivity contribution in [2.24, 2.45) is 0 Å². The first-order chi connectivity index (χ1) is 11.6. The lowest BCUT2D eigenvalue weighted by Crippen LogP contribution is -2.29. The third-order valence-electron chi connectivity index (χ3n) is 3.08. The highest BCUT2D eigenvalue weighted by Crippen LogP contribution is 2.17. The lowest BCUT2D eigenvalue weighted by molar-refractivity contribution is 0.251. The molecule has 1 aromatic carbocycles. The van der Waals surface area contributed by atoms with Crippen molar-refractivity contribution in [1.82, 2.24) is 25.3 Å². The minimum Gasteiger partial charge on any atom is -0.332 e. The van der Waals surface area contributed by atoms with Crippen molar-refractivity contribution >= 4 is 11.7 Å². The summed E-state index contributed by atoms with van der Waals surface area (Å²) in [6, 6.07) is 6.12. The Labute approximate surface area is 135 Å². The Morgan fingerprint density at radius 3 is 2.67 bits per heavy atom. The van der Waals surface area contributed by atoms with Crippen LogP contribution in [0.3, 0.4) is 0 Å². The molecule has 0 bridgehead atoms. The van der Waals surface area contributed by atoms with Crippen LogP contribution in [-0.4, -0.2) is 26.0 Å². The summed E-state index contributed by atoms with van der Waals surface area (Å²) in [5.41, 5.74) is 0.686. The number of para-hydroxylation sites is 1. The van der Waals surface area contributed by atoms with Crippen molar-refractivity contribution in [3.8, 4) is 5.69 Å². The van der Waals surface area contributed by atoms with Gasteiger partial charge in [0.25, 0.3) is 0 Å². The van der Waals surface area contributed by atoms with Gasteiger partial charge in [-0.3, -0.25) is 4.98 Å². The van der Waals surface area contributed by atoms with E-state index >= 15 is 0 Å². The Bertz CT molecular complexity index is 832. The van der Waals surface area contributed by atoms with Gasteiger partial charge in [0.05, 0.1) is 24.6 Å². The minimum atomic E-state index is -0.854. The molecule has 2 N–H and O–H groups in total. The number of anilines is 1.